The molecule has 0 aromatic heterocycles. The van der Waals surface area contributed by atoms with Gasteiger partial charge in [-0.25, -0.2) is 4.79 Å². The summed E-state index contributed by atoms with van der Waals surface area (Å²) in [5.74, 6) is -0.510. The van der Waals surface area contributed by atoms with Gasteiger partial charge in [0.2, 0.25) is 0 Å². The van der Waals surface area contributed by atoms with Crippen molar-refractivity contribution in [3.63, 3.8) is 0 Å². The lowest BCUT2D eigenvalue weighted by atomic mass is 10.2. The van der Waals surface area contributed by atoms with Crippen LogP contribution in [0.2, 0.25) is 5.02 Å². The molecule has 2 N–H and O–H groups in total. The van der Waals surface area contributed by atoms with E-state index < -0.39 is 5.97 Å². The largest absolute Gasteiger partial charge is 0.482 e. The second kappa shape index (κ2) is 7.31. The quantitative estimate of drug-likeness (QED) is 0.635. The summed E-state index contributed by atoms with van der Waals surface area (Å²) in [5, 5.41) is 13.2. The van der Waals surface area contributed by atoms with Gasteiger partial charge in [-0.15, -0.1) is 0 Å². The number of rotatable bonds is 6. The van der Waals surface area contributed by atoms with Gasteiger partial charge >= 0.3 is 5.97 Å². The smallest absolute Gasteiger partial charge is 0.341 e. The van der Waals surface area contributed by atoms with E-state index in [1.54, 1.807) is 42.6 Å². The highest BCUT2D eigenvalue weighted by Crippen LogP contribution is 2.15. The van der Waals surface area contributed by atoms with Gasteiger partial charge in [0.25, 0.3) is 0 Å². The number of benzene rings is 2. The Morgan fingerprint density at radius 3 is 2.71 bits per heavy atom. The average molecular weight is 305 g/mol. The van der Waals surface area contributed by atoms with Crippen LogP contribution in [0.5, 0.6) is 5.75 Å². The molecule has 0 aliphatic rings. The van der Waals surface area contributed by atoms with Gasteiger partial charge < -0.3 is 9.84 Å². The van der Waals surface area contributed by atoms with E-state index in [9.17, 15) is 4.79 Å². The van der Waals surface area contributed by atoms with Gasteiger partial charge in [-0.3, -0.25) is 5.43 Å². The highest BCUT2D eigenvalue weighted by atomic mass is 35.5. The summed E-state index contributed by atoms with van der Waals surface area (Å²) in [6.45, 7) is -0.357. The van der Waals surface area contributed by atoms with Crippen LogP contribution in [0.25, 0.3) is 0 Å². The first-order valence-electron chi connectivity index (χ1n) is 6.13. The molecule has 0 bridgehead atoms. The number of carboxylic acid groups (broad SMARTS) is 1. The lowest BCUT2D eigenvalue weighted by molar-refractivity contribution is -0.139. The molecule has 0 fully saturated rings. The van der Waals surface area contributed by atoms with Crippen molar-refractivity contribution < 1.29 is 14.6 Å². The number of hydrogen-bond acceptors (Lipinski definition) is 4. The topological polar surface area (TPSA) is 70.9 Å². The van der Waals surface area contributed by atoms with Crippen molar-refractivity contribution in [1.82, 2.24) is 0 Å². The van der Waals surface area contributed by atoms with Gasteiger partial charge in [0, 0.05) is 5.02 Å². The van der Waals surface area contributed by atoms with Crippen LogP contribution in [0, 0.1) is 0 Å². The van der Waals surface area contributed by atoms with Crippen LogP contribution in [0.4, 0.5) is 5.69 Å². The Bertz CT molecular complexity index is 642. The van der Waals surface area contributed by atoms with Crippen molar-refractivity contribution >= 4 is 29.5 Å². The zero-order chi connectivity index (χ0) is 15.1. The molecule has 0 radical (unpaired) electrons. The number of carboxylic acids is 1. The van der Waals surface area contributed by atoms with E-state index in [0.29, 0.717) is 10.8 Å². The van der Waals surface area contributed by atoms with Crippen LogP contribution < -0.4 is 10.2 Å². The van der Waals surface area contributed by atoms with Crippen molar-refractivity contribution in [2.75, 3.05) is 12.0 Å². The molecule has 0 heterocycles. The molecule has 0 aliphatic heterocycles. The summed E-state index contributed by atoms with van der Waals surface area (Å²) < 4.78 is 5.04. The fourth-order valence-corrected chi connectivity index (χ4v) is 1.72. The Morgan fingerprint density at radius 2 is 2.05 bits per heavy atom. The minimum Gasteiger partial charge on any atom is -0.482 e. The zero-order valence-electron chi connectivity index (χ0n) is 11.0. The molecule has 6 heteroatoms. The summed E-state index contributed by atoms with van der Waals surface area (Å²) >= 11 is 5.86. The first-order chi connectivity index (χ1) is 10.1. The number of aliphatic carboxylic acids is 1. The summed E-state index contributed by atoms with van der Waals surface area (Å²) in [4.78, 5) is 10.4. The molecule has 2 aromatic rings. The van der Waals surface area contributed by atoms with E-state index in [1.807, 2.05) is 12.1 Å². The number of carbonyl (C=O) groups is 1. The average Bonchev–Trinajstić information content (AvgIpc) is 2.46. The van der Waals surface area contributed by atoms with Gasteiger partial charge in [-0.1, -0.05) is 17.7 Å². The predicted octanol–water partition coefficient (Wildman–Crippen LogP) is 3.25. The van der Waals surface area contributed by atoms with E-state index >= 15 is 0 Å². The van der Waals surface area contributed by atoms with E-state index in [2.05, 4.69) is 10.5 Å². The van der Waals surface area contributed by atoms with E-state index in [4.69, 9.17) is 21.4 Å². The Kier molecular flexibility index (Phi) is 5.17. The third-order valence-corrected chi connectivity index (χ3v) is 2.71. The molecule has 0 saturated carbocycles. The zero-order valence-corrected chi connectivity index (χ0v) is 11.7. The van der Waals surface area contributed by atoms with Gasteiger partial charge in [-0.05, 0) is 48.0 Å². The van der Waals surface area contributed by atoms with Crippen molar-refractivity contribution in [3.8, 4) is 5.75 Å². The summed E-state index contributed by atoms with van der Waals surface area (Å²) in [7, 11) is 0. The van der Waals surface area contributed by atoms with Crippen molar-refractivity contribution in [2.45, 2.75) is 0 Å². The molecule has 0 atom stereocenters. The minimum absolute atomic E-state index is 0.357. The third kappa shape index (κ3) is 5.16. The molecular formula is C15H13ClN2O3. The number of nitrogens with zero attached hydrogens (tertiary/aromatic N) is 1. The number of hydrogen-bond donors (Lipinski definition) is 2. The standard InChI is InChI=1S/C15H13ClN2O3/c16-12-2-1-3-13(8-12)18-17-9-11-4-6-14(7-5-11)21-10-15(19)20/h1-9,18H,10H2,(H,19,20)/b17-9-. The van der Waals surface area contributed by atoms with Crippen molar-refractivity contribution in [1.29, 1.82) is 0 Å². The summed E-state index contributed by atoms with van der Waals surface area (Å²) in [6.07, 6.45) is 1.64. The lowest BCUT2D eigenvalue weighted by Crippen LogP contribution is -2.09. The molecule has 2 rings (SSSR count). The fraction of sp³-hybridized carbons (Fsp3) is 0.0667. The normalized spacial score (nSPS) is 10.5. The first kappa shape index (κ1) is 14.9. The highest BCUT2D eigenvalue weighted by molar-refractivity contribution is 6.30. The predicted molar refractivity (Wildman–Crippen MR) is 82.2 cm³/mol. The van der Waals surface area contributed by atoms with Gasteiger partial charge in [-0.2, -0.15) is 5.10 Å². The van der Waals surface area contributed by atoms with Crippen LogP contribution in [0.3, 0.4) is 0 Å². The monoisotopic (exact) mass is 304 g/mol. The number of ether oxygens (including phenoxy) is 1. The third-order valence-electron chi connectivity index (χ3n) is 2.47. The van der Waals surface area contributed by atoms with Crippen LogP contribution >= 0.6 is 11.6 Å². The number of anilines is 1. The second-order valence-electron chi connectivity index (χ2n) is 4.13. The van der Waals surface area contributed by atoms with E-state index in [-0.39, 0.29) is 6.61 Å². The van der Waals surface area contributed by atoms with Crippen LogP contribution in [0.1, 0.15) is 5.56 Å². The fourth-order valence-electron chi connectivity index (χ4n) is 1.53. The number of hydrazone groups is 1. The van der Waals surface area contributed by atoms with E-state index in [0.717, 1.165) is 11.3 Å². The molecule has 0 unspecified atom stereocenters. The second-order valence-corrected chi connectivity index (χ2v) is 4.57. The Balaban J connectivity index is 1.90. The van der Waals surface area contributed by atoms with Crippen molar-refractivity contribution in [3.05, 3.63) is 59.1 Å². The molecule has 5 nitrogen and oxygen atoms in total. The Labute approximate surface area is 126 Å². The SMILES string of the molecule is O=C(O)COc1ccc(/C=N\Nc2cccc(Cl)c2)cc1. The molecule has 2 aromatic carbocycles. The van der Waals surface area contributed by atoms with Crippen molar-refractivity contribution in [2.24, 2.45) is 5.10 Å². The summed E-state index contributed by atoms with van der Waals surface area (Å²) in [6, 6.07) is 14.2. The van der Waals surface area contributed by atoms with Gasteiger partial charge in [0.1, 0.15) is 5.75 Å². The maximum Gasteiger partial charge on any atom is 0.341 e. The van der Waals surface area contributed by atoms with Crippen LogP contribution in [0.15, 0.2) is 53.6 Å². The Morgan fingerprint density at radius 1 is 1.29 bits per heavy atom. The molecule has 0 spiro atoms. The molecule has 108 valence electrons. The number of nitrogens with one attached hydrogen (secondary N) is 1. The molecule has 0 aliphatic carbocycles. The maximum absolute atomic E-state index is 10.4. The van der Waals surface area contributed by atoms with E-state index in [1.165, 1.54) is 0 Å². The molecule has 21 heavy (non-hydrogen) atoms. The van der Waals surface area contributed by atoms with Crippen LogP contribution in [-0.2, 0) is 4.79 Å². The highest BCUT2D eigenvalue weighted by Gasteiger charge is 1.98. The number of halogens is 1. The van der Waals surface area contributed by atoms with Gasteiger partial charge in [0.05, 0.1) is 11.9 Å². The summed E-state index contributed by atoms with van der Waals surface area (Å²) in [5.41, 5.74) is 4.51. The molecule has 0 amide bonds. The molecular weight excluding hydrogens is 292 g/mol. The van der Waals surface area contributed by atoms with Crippen LogP contribution in [-0.4, -0.2) is 23.9 Å². The molecule has 0 saturated heterocycles. The maximum atomic E-state index is 10.4. The lowest BCUT2D eigenvalue weighted by Gasteiger charge is -2.03. The minimum atomic E-state index is -1.01. The Hall–Kier alpha value is -2.53. The first-order valence-corrected chi connectivity index (χ1v) is 6.50. The van der Waals surface area contributed by atoms with Gasteiger partial charge in [0.15, 0.2) is 6.61 Å².